The predicted molar refractivity (Wildman–Crippen MR) is 75.7 cm³/mol. The zero-order valence-corrected chi connectivity index (χ0v) is 14.7. The first-order valence-electron chi connectivity index (χ1n) is 6.15. The first kappa shape index (κ1) is 23.8. The van der Waals surface area contributed by atoms with Gasteiger partial charge in [-0.15, -0.1) is 12.8 Å². The molecule has 0 heterocycles. The Balaban J connectivity index is -0.000000233. The molecule has 0 spiro atoms. The van der Waals surface area contributed by atoms with Gasteiger partial charge in [0.1, 0.15) is 0 Å². The smallest absolute Gasteiger partial charge is 0.269 e. The first-order chi connectivity index (χ1) is 7.61. The van der Waals surface area contributed by atoms with Gasteiger partial charge in [0, 0.05) is 0 Å². The second kappa shape index (κ2) is 12.7. The second-order valence-electron chi connectivity index (χ2n) is 4.79. The first-order valence-corrected chi connectivity index (χ1v) is 6.15. The molecule has 0 aromatic heterocycles. The molecule has 0 unspecified atom stereocenters. The van der Waals surface area contributed by atoms with Crippen molar-refractivity contribution in [2.45, 2.75) is 40.5 Å². The van der Waals surface area contributed by atoms with Crippen molar-refractivity contribution < 1.29 is 35.6 Å². The van der Waals surface area contributed by atoms with Crippen molar-refractivity contribution in [3.05, 3.63) is 47.6 Å². The van der Waals surface area contributed by atoms with E-state index in [1.807, 2.05) is 0 Å². The summed E-state index contributed by atoms with van der Waals surface area (Å²) in [7, 11) is 0. The van der Waals surface area contributed by atoms with E-state index in [9.17, 15) is 0 Å². The summed E-state index contributed by atoms with van der Waals surface area (Å²) in [6, 6.07) is 0. The molecule has 0 fully saturated rings. The van der Waals surface area contributed by atoms with Crippen molar-refractivity contribution in [3.63, 3.8) is 0 Å². The molecule has 19 heavy (non-hydrogen) atoms. The van der Waals surface area contributed by atoms with Gasteiger partial charge >= 0.3 is 26.2 Å². The van der Waals surface area contributed by atoms with Gasteiger partial charge in [-0.25, -0.2) is 23.3 Å². The standard InChI is InChI=1S/2C8H11.2FH.Zr/c2*1-7(2)8-5-3-4-6-8;;;/h2*3,5,7H,4H2,1-2H3;2*1H;/q2*-1;;;+2. The molecule has 2 aliphatic rings. The summed E-state index contributed by atoms with van der Waals surface area (Å²) in [4.78, 5) is 0. The van der Waals surface area contributed by atoms with E-state index in [0.717, 1.165) is 12.8 Å². The quantitative estimate of drug-likeness (QED) is 0.620. The Hall–Kier alpha value is -0.297. The third kappa shape index (κ3) is 9.27. The fourth-order valence-corrected chi connectivity index (χ4v) is 1.64. The minimum absolute atomic E-state index is 0. The maximum absolute atomic E-state index is 3.26. The molecule has 0 nitrogen and oxygen atoms in total. The number of hydrogen-bond acceptors (Lipinski definition) is 0. The second-order valence-corrected chi connectivity index (χ2v) is 4.79. The van der Waals surface area contributed by atoms with E-state index in [1.165, 1.54) is 11.1 Å². The van der Waals surface area contributed by atoms with E-state index < -0.39 is 0 Å². The van der Waals surface area contributed by atoms with Crippen LogP contribution in [0.3, 0.4) is 0 Å². The Morgan fingerprint density at radius 1 is 0.789 bits per heavy atom. The van der Waals surface area contributed by atoms with Gasteiger partial charge in [0.2, 0.25) is 0 Å². The normalized spacial score (nSPS) is 14.8. The van der Waals surface area contributed by atoms with Gasteiger partial charge in [-0.05, 0) is 0 Å². The number of halogens is 2. The van der Waals surface area contributed by atoms with Gasteiger partial charge in [-0.1, -0.05) is 39.5 Å². The Bertz CT molecular complexity index is 303. The van der Waals surface area contributed by atoms with Crippen LogP contribution in [-0.4, -0.2) is 0 Å². The van der Waals surface area contributed by atoms with Crippen LogP contribution in [-0.2, 0) is 26.2 Å². The van der Waals surface area contributed by atoms with Gasteiger partial charge in [0.15, 0.2) is 0 Å². The van der Waals surface area contributed by atoms with E-state index in [2.05, 4.69) is 64.2 Å². The largest absolute Gasteiger partial charge is 2.00 e. The van der Waals surface area contributed by atoms with Crippen LogP contribution in [0.25, 0.3) is 0 Å². The van der Waals surface area contributed by atoms with E-state index >= 15 is 0 Å². The van der Waals surface area contributed by atoms with Crippen molar-refractivity contribution in [1.29, 1.82) is 0 Å². The van der Waals surface area contributed by atoms with E-state index in [-0.39, 0.29) is 35.6 Å². The van der Waals surface area contributed by atoms with Crippen LogP contribution in [0, 0.1) is 24.0 Å². The van der Waals surface area contributed by atoms with E-state index in [1.54, 1.807) is 0 Å². The third-order valence-corrected chi connectivity index (χ3v) is 2.69. The van der Waals surface area contributed by atoms with Gasteiger partial charge < -0.3 is 0 Å². The van der Waals surface area contributed by atoms with Crippen LogP contribution >= 0.6 is 0 Å². The third-order valence-electron chi connectivity index (χ3n) is 2.69. The topological polar surface area (TPSA) is 0 Å². The molecule has 2 aliphatic carbocycles. The van der Waals surface area contributed by atoms with Crippen LogP contribution in [0.5, 0.6) is 0 Å². The molecule has 0 N–H and O–H groups in total. The molecule has 0 aromatic rings. The zero-order chi connectivity index (χ0) is 12.0. The number of hydrogen-bond donors (Lipinski definition) is 0. The summed E-state index contributed by atoms with van der Waals surface area (Å²) < 4.78 is 0. The molecule has 2 rings (SSSR count). The number of rotatable bonds is 2. The van der Waals surface area contributed by atoms with Crippen LogP contribution in [0.1, 0.15) is 40.5 Å². The molecule has 0 radical (unpaired) electrons. The summed E-state index contributed by atoms with van der Waals surface area (Å²) in [5.41, 5.74) is 2.73. The van der Waals surface area contributed by atoms with Crippen LogP contribution in [0.15, 0.2) is 35.5 Å². The van der Waals surface area contributed by atoms with Gasteiger partial charge in [0.25, 0.3) is 0 Å². The maximum atomic E-state index is 3.26. The monoisotopic (exact) mass is 344 g/mol. The van der Waals surface area contributed by atoms with E-state index in [4.69, 9.17) is 0 Å². The van der Waals surface area contributed by atoms with Gasteiger partial charge in [-0.2, -0.15) is 12.2 Å². The SMILES string of the molecule is CC(C)C1=[C-]CC=C1.CC(C)C1=[C-]CC=C1.F.F.[Zr+2]. The molecule has 0 atom stereocenters. The molecule has 3 heteroatoms. The fourth-order valence-electron chi connectivity index (χ4n) is 1.64. The Kier molecular flexibility index (Phi) is 15.9. The molecule has 0 saturated carbocycles. The molecule has 0 amide bonds. The zero-order valence-electron chi connectivity index (χ0n) is 12.2. The van der Waals surface area contributed by atoms with Crippen LogP contribution in [0.4, 0.5) is 9.41 Å². The van der Waals surface area contributed by atoms with Crippen LogP contribution < -0.4 is 0 Å². The van der Waals surface area contributed by atoms with Gasteiger partial charge in [-0.3, -0.25) is 21.6 Å². The summed E-state index contributed by atoms with van der Waals surface area (Å²) >= 11 is 0. The minimum atomic E-state index is 0. The minimum Gasteiger partial charge on any atom is -0.269 e. The van der Waals surface area contributed by atoms with Crippen molar-refractivity contribution in [2.75, 3.05) is 0 Å². The number of allylic oxidation sites excluding steroid dienone is 8. The molecule has 0 aliphatic heterocycles. The molecule has 106 valence electrons. The summed E-state index contributed by atoms with van der Waals surface area (Å²) in [6.07, 6.45) is 17.2. The average molecular weight is 346 g/mol. The Morgan fingerprint density at radius 3 is 1.21 bits per heavy atom. The fraction of sp³-hybridized carbons (Fsp3) is 0.500. The maximum Gasteiger partial charge on any atom is 2.00 e. The molecular formula is C16H24F2Zr. The summed E-state index contributed by atoms with van der Waals surface area (Å²) in [5, 5.41) is 0. The predicted octanol–water partition coefficient (Wildman–Crippen LogP) is 4.97. The molecule has 0 aromatic carbocycles. The molecule has 0 bridgehead atoms. The Morgan fingerprint density at radius 2 is 1.11 bits per heavy atom. The molecule has 0 saturated heterocycles. The van der Waals surface area contributed by atoms with Crippen molar-refractivity contribution in [1.82, 2.24) is 0 Å². The van der Waals surface area contributed by atoms with Crippen molar-refractivity contribution in [3.8, 4) is 0 Å². The Labute approximate surface area is 135 Å². The summed E-state index contributed by atoms with van der Waals surface area (Å²) in [5.74, 6) is 1.32. The van der Waals surface area contributed by atoms with Crippen molar-refractivity contribution >= 4 is 0 Å². The molecular weight excluding hydrogens is 321 g/mol. The van der Waals surface area contributed by atoms with Crippen molar-refractivity contribution in [2.24, 2.45) is 11.8 Å². The van der Waals surface area contributed by atoms with Crippen LogP contribution in [0.2, 0.25) is 0 Å². The van der Waals surface area contributed by atoms with E-state index in [0.29, 0.717) is 11.8 Å². The van der Waals surface area contributed by atoms with Gasteiger partial charge in [0.05, 0.1) is 0 Å². The summed E-state index contributed by atoms with van der Waals surface area (Å²) in [6.45, 7) is 8.77. The average Bonchev–Trinajstić information content (AvgIpc) is 2.93.